The molecule has 0 heterocycles. The van der Waals surface area contributed by atoms with Gasteiger partial charge in [0.05, 0.1) is 23.3 Å². The van der Waals surface area contributed by atoms with Gasteiger partial charge in [0.1, 0.15) is 0 Å². The van der Waals surface area contributed by atoms with Crippen LogP contribution in [-0.4, -0.2) is 21.5 Å². The first kappa shape index (κ1) is 16.3. The predicted molar refractivity (Wildman–Crippen MR) is 84.8 cm³/mol. The molecule has 2 aromatic rings. The number of anilines is 1. The van der Waals surface area contributed by atoms with Crippen molar-refractivity contribution >= 4 is 33.3 Å². The quantitative estimate of drug-likeness (QED) is 0.868. The molecular weight excluding hydrogens is 326 g/mol. The molecule has 0 radical (unpaired) electrons. The van der Waals surface area contributed by atoms with E-state index in [0.29, 0.717) is 10.7 Å². The Morgan fingerprint density at radius 2 is 1.91 bits per heavy atom. The minimum Gasteiger partial charge on any atom is -0.465 e. The lowest BCUT2D eigenvalue weighted by Gasteiger charge is -2.11. The summed E-state index contributed by atoms with van der Waals surface area (Å²) in [5, 5.41) is 0.423. The van der Waals surface area contributed by atoms with Gasteiger partial charge in [-0.3, -0.25) is 4.72 Å². The summed E-state index contributed by atoms with van der Waals surface area (Å²) in [4.78, 5) is 11.5. The molecule has 2 aromatic carbocycles. The highest BCUT2D eigenvalue weighted by Gasteiger charge is 2.17. The first-order chi connectivity index (χ1) is 10.3. The highest BCUT2D eigenvalue weighted by atomic mass is 35.5. The molecule has 22 heavy (non-hydrogen) atoms. The number of benzene rings is 2. The zero-order valence-electron chi connectivity index (χ0n) is 12.0. The van der Waals surface area contributed by atoms with Gasteiger partial charge in [-0.1, -0.05) is 23.7 Å². The van der Waals surface area contributed by atoms with Crippen LogP contribution in [0.3, 0.4) is 0 Å². The standard InChI is InChI=1S/C15H14ClNO4S/c1-10-6-7-12(16)9-14(10)17-22(19,20)13-5-3-4-11(8-13)15(18)21-2/h3-9,17H,1-2H3. The third-order valence-corrected chi connectivity index (χ3v) is 4.61. The summed E-state index contributed by atoms with van der Waals surface area (Å²) in [6.45, 7) is 1.76. The predicted octanol–water partition coefficient (Wildman–Crippen LogP) is 3.24. The minimum atomic E-state index is -3.83. The van der Waals surface area contributed by atoms with E-state index in [4.69, 9.17) is 11.6 Å². The summed E-state index contributed by atoms with van der Waals surface area (Å²) in [6.07, 6.45) is 0. The Bertz CT molecular complexity index is 818. The smallest absolute Gasteiger partial charge is 0.337 e. The Kier molecular flexibility index (Phi) is 4.73. The fourth-order valence-electron chi connectivity index (χ4n) is 1.82. The number of nitrogens with one attached hydrogen (secondary N) is 1. The maximum absolute atomic E-state index is 12.4. The Morgan fingerprint density at radius 1 is 1.18 bits per heavy atom. The van der Waals surface area contributed by atoms with Crippen molar-refractivity contribution < 1.29 is 17.9 Å². The van der Waals surface area contributed by atoms with E-state index in [1.54, 1.807) is 19.1 Å². The lowest BCUT2D eigenvalue weighted by atomic mass is 10.2. The van der Waals surface area contributed by atoms with E-state index in [0.717, 1.165) is 5.56 Å². The van der Waals surface area contributed by atoms with Gasteiger partial charge in [0.25, 0.3) is 10.0 Å². The summed E-state index contributed by atoms with van der Waals surface area (Å²) < 4.78 is 31.9. The first-order valence-corrected chi connectivity index (χ1v) is 8.17. The fourth-order valence-corrected chi connectivity index (χ4v) is 3.16. The Hall–Kier alpha value is -2.05. The lowest BCUT2D eigenvalue weighted by molar-refractivity contribution is 0.0600. The van der Waals surface area contributed by atoms with Crippen LogP contribution in [0.5, 0.6) is 0 Å². The fraction of sp³-hybridized carbons (Fsp3) is 0.133. The van der Waals surface area contributed by atoms with E-state index in [1.165, 1.54) is 37.4 Å². The van der Waals surface area contributed by atoms with Crippen molar-refractivity contribution in [3.05, 3.63) is 58.6 Å². The number of hydrogen-bond acceptors (Lipinski definition) is 4. The van der Waals surface area contributed by atoms with Gasteiger partial charge in [-0.15, -0.1) is 0 Å². The summed E-state index contributed by atoms with van der Waals surface area (Å²) in [7, 11) is -2.60. The van der Waals surface area contributed by atoms with Gasteiger partial charge >= 0.3 is 5.97 Å². The van der Waals surface area contributed by atoms with Gasteiger partial charge in [0.2, 0.25) is 0 Å². The van der Waals surface area contributed by atoms with E-state index < -0.39 is 16.0 Å². The van der Waals surface area contributed by atoms with E-state index in [1.807, 2.05) is 0 Å². The number of carbonyl (C=O) groups excluding carboxylic acids is 1. The van der Waals surface area contributed by atoms with Gasteiger partial charge < -0.3 is 4.74 Å². The Balaban J connectivity index is 2.38. The van der Waals surface area contributed by atoms with Crippen molar-refractivity contribution in [2.45, 2.75) is 11.8 Å². The Labute approximate surface area is 133 Å². The summed E-state index contributed by atoms with van der Waals surface area (Å²) in [5.41, 5.74) is 1.28. The molecule has 0 bridgehead atoms. The van der Waals surface area contributed by atoms with Crippen molar-refractivity contribution in [1.29, 1.82) is 0 Å². The van der Waals surface area contributed by atoms with Crippen LogP contribution in [0.25, 0.3) is 0 Å². The van der Waals surface area contributed by atoms with Crippen LogP contribution in [0.15, 0.2) is 47.4 Å². The Morgan fingerprint density at radius 3 is 2.59 bits per heavy atom. The number of hydrogen-bond donors (Lipinski definition) is 1. The van der Waals surface area contributed by atoms with Gasteiger partial charge in [-0.25, -0.2) is 13.2 Å². The first-order valence-electron chi connectivity index (χ1n) is 6.31. The van der Waals surface area contributed by atoms with Gasteiger partial charge in [0.15, 0.2) is 0 Å². The number of esters is 1. The largest absolute Gasteiger partial charge is 0.465 e. The van der Waals surface area contributed by atoms with Crippen molar-refractivity contribution in [2.75, 3.05) is 11.8 Å². The molecule has 0 aliphatic carbocycles. The van der Waals surface area contributed by atoms with E-state index >= 15 is 0 Å². The molecule has 0 spiro atoms. The second-order valence-corrected chi connectivity index (χ2v) is 6.70. The molecule has 0 unspecified atom stereocenters. The molecule has 1 N–H and O–H groups in total. The van der Waals surface area contributed by atoms with Crippen molar-refractivity contribution in [2.24, 2.45) is 0 Å². The molecule has 7 heteroatoms. The topological polar surface area (TPSA) is 72.5 Å². The third kappa shape index (κ3) is 3.58. The van der Waals surface area contributed by atoms with Crippen molar-refractivity contribution in [3.8, 4) is 0 Å². The minimum absolute atomic E-state index is 0.0326. The SMILES string of the molecule is COC(=O)c1cccc(S(=O)(=O)Nc2cc(Cl)ccc2C)c1. The van der Waals surface area contributed by atoms with Gasteiger partial charge in [0, 0.05) is 5.02 Å². The number of ether oxygens (including phenoxy) is 1. The average molecular weight is 340 g/mol. The highest BCUT2D eigenvalue weighted by molar-refractivity contribution is 7.92. The molecule has 0 saturated carbocycles. The van der Waals surface area contributed by atoms with Crippen LogP contribution in [-0.2, 0) is 14.8 Å². The molecular formula is C15H14ClNO4S. The van der Waals surface area contributed by atoms with Crippen LogP contribution in [0.1, 0.15) is 15.9 Å². The average Bonchev–Trinajstić information content (AvgIpc) is 2.50. The second-order valence-electron chi connectivity index (χ2n) is 4.58. The number of carbonyl (C=O) groups is 1. The van der Waals surface area contributed by atoms with Crippen LogP contribution >= 0.6 is 11.6 Å². The van der Waals surface area contributed by atoms with Crippen LogP contribution in [0.4, 0.5) is 5.69 Å². The highest BCUT2D eigenvalue weighted by Crippen LogP contribution is 2.23. The van der Waals surface area contributed by atoms with Crippen molar-refractivity contribution in [3.63, 3.8) is 0 Å². The normalized spacial score (nSPS) is 11.0. The molecule has 0 fully saturated rings. The van der Waals surface area contributed by atoms with Gasteiger partial charge in [-0.2, -0.15) is 0 Å². The molecule has 0 aliphatic rings. The molecule has 2 rings (SSSR count). The van der Waals surface area contributed by atoms with Crippen molar-refractivity contribution in [1.82, 2.24) is 0 Å². The zero-order chi connectivity index (χ0) is 16.3. The van der Waals surface area contributed by atoms with E-state index in [9.17, 15) is 13.2 Å². The van der Waals surface area contributed by atoms with E-state index in [2.05, 4.69) is 9.46 Å². The van der Waals surface area contributed by atoms with Crippen LogP contribution in [0.2, 0.25) is 5.02 Å². The number of halogens is 1. The number of rotatable bonds is 4. The summed E-state index contributed by atoms with van der Waals surface area (Å²) >= 11 is 5.88. The number of methoxy groups -OCH3 is 1. The zero-order valence-corrected chi connectivity index (χ0v) is 13.5. The monoisotopic (exact) mass is 339 g/mol. The maximum Gasteiger partial charge on any atom is 0.337 e. The molecule has 0 aliphatic heterocycles. The van der Waals surface area contributed by atoms with E-state index in [-0.39, 0.29) is 10.5 Å². The molecule has 116 valence electrons. The number of sulfonamides is 1. The van der Waals surface area contributed by atoms with Crippen LogP contribution in [0, 0.1) is 6.92 Å². The third-order valence-electron chi connectivity index (χ3n) is 3.01. The summed E-state index contributed by atoms with van der Waals surface area (Å²) in [6, 6.07) is 10.5. The maximum atomic E-state index is 12.4. The molecule has 0 atom stereocenters. The number of aryl methyl sites for hydroxylation is 1. The molecule has 0 saturated heterocycles. The molecule has 5 nitrogen and oxygen atoms in total. The summed E-state index contributed by atoms with van der Waals surface area (Å²) in [5.74, 6) is -0.601. The second kappa shape index (κ2) is 6.37. The van der Waals surface area contributed by atoms with Crippen LogP contribution < -0.4 is 4.72 Å². The lowest BCUT2D eigenvalue weighted by Crippen LogP contribution is -2.14. The molecule has 0 aromatic heterocycles. The molecule has 0 amide bonds. The van der Waals surface area contributed by atoms with Gasteiger partial charge in [-0.05, 0) is 42.8 Å².